The Balaban J connectivity index is 3.22. The molecule has 0 aliphatic rings. The Morgan fingerprint density at radius 2 is 2.08 bits per heavy atom. The predicted molar refractivity (Wildman–Crippen MR) is 49.2 cm³/mol. The van der Waals surface area contributed by atoms with Crippen molar-refractivity contribution in [3.05, 3.63) is 0 Å². The lowest BCUT2D eigenvalue weighted by atomic mass is 10.3. The number of rotatable bonds is 6. The summed E-state index contributed by atoms with van der Waals surface area (Å²) in [6.45, 7) is 4.40. The van der Waals surface area contributed by atoms with Crippen LogP contribution in [0.3, 0.4) is 0 Å². The van der Waals surface area contributed by atoms with E-state index in [1.165, 1.54) is 6.92 Å². The summed E-state index contributed by atoms with van der Waals surface area (Å²) in [6, 6.07) is 0. The van der Waals surface area contributed by atoms with Gasteiger partial charge in [-0.05, 0) is 12.8 Å². The molecule has 0 spiro atoms. The summed E-state index contributed by atoms with van der Waals surface area (Å²) in [7, 11) is 0. The molecule has 0 aliphatic carbocycles. The molecular weight excluding hydrogens is 170 g/mol. The molecule has 0 bridgehead atoms. The first-order valence-corrected chi connectivity index (χ1v) is 4.57. The normalized spacial score (nSPS) is 9.38. The standard InChI is InChI=1S/C9H17NO3/c1-3-6-10-9(12)5-4-7-13-8(2)11/h3-7H2,1-2H3,(H,10,12). The van der Waals surface area contributed by atoms with E-state index in [0.717, 1.165) is 6.42 Å². The summed E-state index contributed by atoms with van der Waals surface area (Å²) in [4.78, 5) is 21.3. The minimum atomic E-state index is -0.297. The van der Waals surface area contributed by atoms with Crippen LogP contribution in [0.25, 0.3) is 0 Å². The molecule has 0 aromatic heterocycles. The number of hydrogen-bond donors (Lipinski definition) is 1. The van der Waals surface area contributed by atoms with Gasteiger partial charge in [0, 0.05) is 19.9 Å². The first-order chi connectivity index (χ1) is 6.16. The third kappa shape index (κ3) is 8.85. The number of carbonyl (C=O) groups is 2. The van der Waals surface area contributed by atoms with Crippen molar-refractivity contribution in [1.82, 2.24) is 5.32 Å². The second-order valence-corrected chi connectivity index (χ2v) is 2.79. The Bertz CT molecular complexity index is 168. The first kappa shape index (κ1) is 11.9. The number of nitrogens with one attached hydrogen (secondary N) is 1. The molecule has 0 saturated carbocycles. The topological polar surface area (TPSA) is 55.4 Å². The van der Waals surface area contributed by atoms with E-state index in [0.29, 0.717) is 26.0 Å². The molecule has 76 valence electrons. The fourth-order valence-corrected chi connectivity index (χ4v) is 0.801. The zero-order valence-corrected chi connectivity index (χ0v) is 8.26. The minimum Gasteiger partial charge on any atom is -0.466 e. The van der Waals surface area contributed by atoms with Crippen molar-refractivity contribution < 1.29 is 14.3 Å². The number of esters is 1. The Morgan fingerprint density at radius 3 is 2.62 bits per heavy atom. The molecule has 0 radical (unpaired) electrons. The lowest BCUT2D eigenvalue weighted by Crippen LogP contribution is -2.23. The quantitative estimate of drug-likeness (QED) is 0.495. The van der Waals surface area contributed by atoms with E-state index in [-0.39, 0.29) is 11.9 Å². The summed E-state index contributed by atoms with van der Waals surface area (Å²) in [5, 5.41) is 2.74. The highest BCUT2D eigenvalue weighted by molar-refractivity contribution is 5.75. The van der Waals surface area contributed by atoms with Crippen molar-refractivity contribution in [3.63, 3.8) is 0 Å². The third-order valence-electron chi connectivity index (χ3n) is 1.43. The number of ether oxygens (including phenoxy) is 1. The van der Waals surface area contributed by atoms with E-state index in [1.807, 2.05) is 6.92 Å². The summed E-state index contributed by atoms with van der Waals surface area (Å²) in [5.41, 5.74) is 0. The van der Waals surface area contributed by atoms with Crippen LogP contribution >= 0.6 is 0 Å². The summed E-state index contributed by atoms with van der Waals surface area (Å²) in [6.07, 6.45) is 1.96. The molecule has 0 rings (SSSR count). The first-order valence-electron chi connectivity index (χ1n) is 4.57. The Labute approximate surface area is 78.6 Å². The largest absolute Gasteiger partial charge is 0.466 e. The van der Waals surface area contributed by atoms with Crippen LogP contribution in [0.2, 0.25) is 0 Å². The van der Waals surface area contributed by atoms with E-state index in [1.54, 1.807) is 0 Å². The molecule has 0 fully saturated rings. The zero-order valence-electron chi connectivity index (χ0n) is 8.26. The van der Waals surface area contributed by atoms with Crippen LogP contribution < -0.4 is 5.32 Å². The van der Waals surface area contributed by atoms with Crippen LogP contribution in [0.4, 0.5) is 0 Å². The van der Waals surface area contributed by atoms with Crippen LogP contribution in [-0.4, -0.2) is 25.0 Å². The molecule has 0 aliphatic heterocycles. The van der Waals surface area contributed by atoms with Gasteiger partial charge in [0.15, 0.2) is 0 Å². The SMILES string of the molecule is CCCNC(=O)CCCOC(C)=O. The lowest BCUT2D eigenvalue weighted by molar-refractivity contribution is -0.141. The van der Waals surface area contributed by atoms with Gasteiger partial charge in [-0.1, -0.05) is 6.92 Å². The fourth-order valence-electron chi connectivity index (χ4n) is 0.801. The van der Waals surface area contributed by atoms with Gasteiger partial charge in [-0.25, -0.2) is 0 Å². The molecule has 0 aromatic rings. The maximum Gasteiger partial charge on any atom is 0.302 e. The molecule has 1 amide bonds. The van der Waals surface area contributed by atoms with Gasteiger partial charge >= 0.3 is 5.97 Å². The zero-order chi connectivity index (χ0) is 10.1. The van der Waals surface area contributed by atoms with Crippen LogP contribution in [-0.2, 0) is 14.3 Å². The van der Waals surface area contributed by atoms with E-state index >= 15 is 0 Å². The van der Waals surface area contributed by atoms with Gasteiger partial charge in [0.2, 0.25) is 5.91 Å². The Morgan fingerprint density at radius 1 is 1.38 bits per heavy atom. The molecule has 0 heterocycles. The van der Waals surface area contributed by atoms with Crippen LogP contribution in [0.1, 0.15) is 33.1 Å². The lowest BCUT2D eigenvalue weighted by Gasteiger charge is -2.03. The van der Waals surface area contributed by atoms with Crippen molar-refractivity contribution in [2.24, 2.45) is 0 Å². The molecule has 13 heavy (non-hydrogen) atoms. The van der Waals surface area contributed by atoms with Crippen LogP contribution in [0.15, 0.2) is 0 Å². The summed E-state index contributed by atoms with van der Waals surface area (Å²) < 4.78 is 4.68. The molecule has 4 nitrogen and oxygen atoms in total. The molecule has 1 N–H and O–H groups in total. The third-order valence-corrected chi connectivity index (χ3v) is 1.43. The molecule has 0 atom stereocenters. The van der Waals surface area contributed by atoms with Crippen molar-refractivity contribution in [2.45, 2.75) is 33.1 Å². The highest BCUT2D eigenvalue weighted by Gasteiger charge is 2.00. The molecular formula is C9H17NO3. The van der Waals surface area contributed by atoms with Crippen LogP contribution in [0, 0.1) is 0 Å². The minimum absolute atomic E-state index is 0.0222. The molecule has 0 saturated heterocycles. The van der Waals surface area contributed by atoms with E-state index in [4.69, 9.17) is 0 Å². The van der Waals surface area contributed by atoms with Gasteiger partial charge in [0.1, 0.15) is 0 Å². The van der Waals surface area contributed by atoms with Gasteiger partial charge in [-0.2, -0.15) is 0 Å². The van der Waals surface area contributed by atoms with Gasteiger partial charge in [-0.15, -0.1) is 0 Å². The molecule has 0 unspecified atom stereocenters. The highest BCUT2D eigenvalue weighted by atomic mass is 16.5. The summed E-state index contributed by atoms with van der Waals surface area (Å²) in [5.74, 6) is -0.275. The highest BCUT2D eigenvalue weighted by Crippen LogP contribution is 1.90. The van der Waals surface area contributed by atoms with E-state index < -0.39 is 0 Å². The van der Waals surface area contributed by atoms with Gasteiger partial charge in [0.25, 0.3) is 0 Å². The van der Waals surface area contributed by atoms with E-state index in [9.17, 15) is 9.59 Å². The maximum atomic E-state index is 11.0. The van der Waals surface area contributed by atoms with Crippen LogP contribution in [0.5, 0.6) is 0 Å². The van der Waals surface area contributed by atoms with Crippen molar-refractivity contribution in [3.8, 4) is 0 Å². The summed E-state index contributed by atoms with van der Waals surface area (Å²) >= 11 is 0. The molecule has 4 heteroatoms. The predicted octanol–water partition coefficient (Wildman–Crippen LogP) is 0.856. The maximum absolute atomic E-state index is 11.0. The Hall–Kier alpha value is -1.06. The van der Waals surface area contributed by atoms with Crippen molar-refractivity contribution in [1.29, 1.82) is 0 Å². The van der Waals surface area contributed by atoms with Gasteiger partial charge in [-0.3, -0.25) is 9.59 Å². The van der Waals surface area contributed by atoms with Crippen molar-refractivity contribution in [2.75, 3.05) is 13.2 Å². The average molecular weight is 187 g/mol. The van der Waals surface area contributed by atoms with Gasteiger partial charge in [0.05, 0.1) is 6.61 Å². The number of carbonyl (C=O) groups excluding carboxylic acids is 2. The monoisotopic (exact) mass is 187 g/mol. The van der Waals surface area contributed by atoms with E-state index in [2.05, 4.69) is 10.1 Å². The second kappa shape index (κ2) is 7.58. The average Bonchev–Trinajstić information content (AvgIpc) is 2.08. The van der Waals surface area contributed by atoms with Crippen molar-refractivity contribution >= 4 is 11.9 Å². The fraction of sp³-hybridized carbons (Fsp3) is 0.778. The number of amides is 1. The Kier molecular flexibility index (Phi) is 6.96. The second-order valence-electron chi connectivity index (χ2n) is 2.79. The molecule has 0 aromatic carbocycles. The number of hydrogen-bond acceptors (Lipinski definition) is 3. The van der Waals surface area contributed by atoms with Gasteiger partial charge < -0.3 is 10.1 Å². The smallest absolute Gasteiger partial charge is 0.302 e.